The molecule has 0 saturated carbocycles. The SMILES string of the molecule is CCCn1ncnc1COc1cccc2c1CCC2=O. The zero-order valence-electron chi connectivity index (χ0n) is 11.5. The second-order valence-electron chi connectivity index (χ2n) is 4.89. The van der Waals surface area contributed by atoms with Crippen molar-refractivity contribution in [1.82, 2.24) is 14.8 Å². The van der Waals surface area contributed by atoms with Crippen LogP contribution in [0.15, 0.2) is 24.5 Å². The highest BCUT2D eigenvalue weighted by Crippen LogP contribution is 2.30. The number of nitrogens with zero attached hydrogens (tertiary/aromatic N) is 3. The molecule has 1 aliphatic carbocycles. The van der Waals surface area contributed by atoms with Crippen molar-refractivity contribution >= 4 is 5.78 Å². The van der Waals surface area contributed by atoms with Crippen molar-refractivity contribution in [2.45, 2.75) is 39.3 Å². The van der Waals surface area contributed by atoms with Gasteiger partial charge in [0.05, 0.1) is 0 Å². The molecule has 1 aromatic heterocycles. The first-order valence-corrected chi connectivity index (χ1v) is 6.94. The van der Waals surface area contributed by atoms with Crippen LogP contribution >= 0.6 is 0 Å². The van der Waals surface area contributed by atoms with Gasteiger partial charge in [0.2, 0.25) is 0 Å². The van der Waals surface area contributed by atoms with Gasteiger partial charge in [-0.05, 0) is 18.9 Å². The highest BCUT2D eigenvalue weighted by molar-refractivity contribution is 6.01. The Balaban J connectivity index is 1.76. The lowest BCUT2D eigenvalue weighted by Crippen LogP contribution is -2.09. The lowest BCUT2D eigenvalue weighted by atomic mass is 10.1. The zero-order valence-corrected chi connectivity index (χ0v) is 11.5. The molecule has 1 heterocycles. The Morgan fingerprint density at radius 3 is 3.10 bits per heavy atom. The van der Waals surface area contributed by atoms with Gasteiger partial charge in [-0.1, -0.05) is 19.1 Å². The van der Waals surface area contributed by atoms with Crippen LogP contribution in [0.2, 0.25) is 0 Å². The molecule has 0 saturated heterocycles. The molecular formula is C15H17N3O2. The summed E-state index contributed by atoms with van der Waals surface area (Å²) in [5.74, 6) is 1.81. The highest BCUT2D eigenvalue weighted by atomic mass is 16.5. The quantitative estimate of drug-likeness (QED) is 0.838. The molecule has 1 aliphatic rings. The van der Waals surface area contributed by atoms with Gasteiger partial charge >= 0.3 is 0 Å². The maximum atomic E-state index is 11.7. The smallest absolute Gasteiger partial charge is 0.164 e. The Hall–Kier alpha value is -2.17. The second kappa shape index (κ2) is 5.45. The Kier molecular flexibility index (Phi) is 3.50. The number of Topliss-reactive ketones (excluding diaryl/α,β-unsaturated/α-hetero) is 1. The molecule has 104 valence electrons. The molecular weight excluding hydrogens is 254 g/mol. The minimum Gasteiger partial charge on any atom is -0.485 e. The summed E-state index contributed by atoms with van der Waals surface area (Å²) < 4.78 is 7.71. The van der Waals surface area contributed by atoms with E-state index in [0.29, 0.717) is 13.0 Å². The van der Waals surface area contributed by atoms with Gasteiger partial charge in [-0.2, -0.15) is 5.10 Å². The molecule has 0 unspecified atom stereocenters. The third kappa shape index (κ3) is 2.31. The van der Waals surface area contributed by atoms with Gasteiger partial charge in [0, 0.05) is 24.1 Å². The van der Waals surface area contributed by atoms with Gasteiger partial charge in [-0.25, -0.2) is 9.67 Å². The average molecular weight is 271 g/mol. The lowest BCUT2D eigenvalue weighted by Gasteiger charge is -2.10. The van der Waals surface area contributed by atoms with E-state index in [-0.39, 0.29) is 5.78 Å². The number of carbonyl (C=O) groups is 1. The molecule has 0 atom stereocenters. The van der Waals surface area contributed by atoms with E-state index >= 15 is 0 Å². The molecule has 0 N–H and O–H groups in total. The Morgan fingerprint density at radius 1 is 1.35 bits per heavy atom. The topological polar surface area (TPSA) is 57.0 Å². The summed E-state index contributed by atoms with van der Waals surface area (Å²) in [6.07, 6.45) is 3.91. The molecule has 0 spiro atoms. The van der Waals surface area contributed by atoms with Crippen molar-refractivity contribution in [3.8, 4) is 5.75 Å². The standard InChI is InChI=1S/C15H17N3O2/c1-2-8-18-15(16-10-17-18)9-20-14-5-3-4-11-12(14)6-7-13(11)19/h3-5,10H,2,6-9H2,1H3. The van der Waals surface area contributed by atoms with Crippen LogP contribution < -0.4 is 4.74 Å². The maximum absolute atomic E-state index is 11.7. The van der Waals surface area contributed by atoms with E-state index in [4.69, 9.17) is 4.74 Å². The number of ether oxygens (including phenoxy) is 1. The third-order valence-corrected chi connectivity index (χ3v) is 3.52. The van der Waals surface area contributed by atoms with E-state index in [1.165, 1.54) is 0 Å². The molecule has 0 amide bonds. The first-order chi connectivity index (χ1) is 9.79. The number of fused-ring (bicyclic) bond motifs is 1. The monoisotopic (exact) mass is 271 g/mol. The van der Waals surface area contributed by atoms with Crippen LogP contribution in [0.1, 0.15) is 41.5 Å². The van der Waals surface area contributed by atoms with Crippen LogP contribution in [0.4, 0.5) is 0 Å². The number of aromatic nitrogens is 3. The summed E-state index contributed by atoms with van der Waals surface area (Å²) in [5, 5.41) is 4.17. The summed E-state index contributed by atoms with van der Waals surface area (Å²) in [7, 11) is 0. The second-order valence-corrected chi connectivity index (χ2v) is 4.89. The Labute approximate surface area is 117 Å². The number of ketones is 1. The number of rotatable bonds is 5. The van der Waals surface area contributed by atoms with Gasteiger partial charge in [-0.15, -0.1) is 0 Å². The fraction of sp³-hybridized carbons (Fsp3) is 0.400. The van der Waals surface area contributed by atoms with Gasteiger partial charge in [0.25, 0.3) is 0 Å². The van der Waals surface area contributed by atoms with Gasteiger partial charge in [0.15, 0.2) is 11.6 Å². The number of aryl methyl sites for hydroxylation is 1. The predicted octanol–water partition coefficient (Wildman–Crippen LogP) is 2.40. The van der Waals surface area contributed by atoms with Gasteiger partial charge in [-0.3, -0.25) is 4.79 Å². The summed E-state index contributed by atoms with van der Waals surface area (Å²) >= 11 is 0. The molecule has 5 heteroatoms. The van der Waals surface area contributed by atoms with Crippen LogP contribution in [0, 0.1) is 0 Å². The molecule has 3 rings (SSSR count). The number of hydrogen-bond donors (Lipinski definition) is 0. The van der Waals surface area contributed by atoms with Crippen LogP contribution in [0.25, 0.3) is 0 Å². The van der Waals surface area contributed by atoms with Crippen LogP contribution in [0.3, 0.4) is 0 Å². The summed E-state index contributed by atoms with van der Waals surface area (Å²) in [4.78, 5) is 15.9. The van der Waals surface area contributed by atoms with Crippen molar-refractivity contribution in [2.75, 3.05) is 0 Å². The van der Waals surface area contributed by atoms with E-state index in [0.717, 1.165) is 42.1 Å². The molecule has 0 bridgehead atoms. The molecule has 2 aromatic rings. The molecule has 5 nitrogen and oxygen atoms in total. The minimum atomic E-state index is 0.208. The number of benzene rings is 1. The lowest BCUT2D eigenvalue weighted by molar-refractivity contribution is 0.0994. The highest BCUT2D eigenvalue weighted by Gasteiger charge is 2.22. The van der Waals surface area contributed by atoms with Crippen molar-refractivity contribution in [2.24, 2.45) is 0 Å². The summed E-state index contributed by atoms with van der Waals surface area (Å²) in [6, 6.07) is 5.66. The van der Waals surface area contributed by atoms with Crippen LogP contribution in [0.5, 0.6) is 5.75 Å². The summed E-state index contributed by atoms with van der Waals surface area (Å²) in [5.41, 5.74) is 1.83. The van der Waals surface area contributed by atoms with Crippen molar-refractivity contribution < 1.29 is 9.53 Å². The van der Waals surface area contributed by atoms with Crippen LogP contribution in [-0.4, -0.2) is 20.5 Å². The first-order valence-electron chi connectivity index (χ1n) is 6.94. The van der Waals surface area contributed by atoms with Crippen molar-refractivity contribution in [1.29, 1.82) is 0 Å². The molecule has 0 aliphatic heterocycles. The zero-order chi connectivity index (χ0) is 13.9. The van der Waals surface area contributed by atoms with E-state index in [2.05, 4.69) is 17.0 Å². The first kappa shape index (κ1) is 12.8. The van der Waals surface area contributed by atoms with E-state index in [1.54, 1.807) is 6.33 Å². The Morgan fingerprint density at radius 2 is 2.25 bits per heavy atom. The minimum absolute atomic E-state index is 0.208. The van der Waals surface area contributed by atoms with Gasteiger partial charge < -0.3 is 4.74 Å². The predicted molar refractivity (Wildman–Crippen MR) is 73.7 cm³/mol. The Bertz CT molecular complexity index is 634. The fourth-order valence-electron chi connectivity index (χ4n) is 2.53. The molecule has 20 heavy (non-hydrogen) atoms. The van der Waals surface area contributed by atoms with E-state index in [9.17, 15) is 4.79 Å². The van der Waals surface area contributed by atoms with E-state index < -0.39 is 0 Å². The largest absolute Gasteiger partial charge is 0.485 e. The number of hydrogen-bond acceptors (Lipinski definition) is 4. The fourth-order valence-corrected chi connectivity index (χ4v) is 2.53. The van der Waals surface area contributed by atoms with Gasteiger partial charge in [0.1, 0.15) is 18.7 Å². The maximum Gasteiger partial charge on any atom is 0.164 e. The normalized spacial score (nSPS) is 13.6. The third-order valence-electron chi connectivity index (χ3n) is 3.52. The molecule has 0 radical (unpaired) electrons. The van der Waals surface area contributed by atoms with Crippen molar-refractivity contribution in [3.05, 3.63) is 41.5 Å². The van der Waals surface area contributed by atoms with Crippen molar-refractivity contribution in [3.63, 3.8) is 0 Å². The van der Waals surface area contributed by atoms with Crippen LogP contribution in [-0.2, 0) is 19.6 Å². The number of carbonyl (C=O) groups excluding carboxylic acids is 1. The summed E-state index contributed by atoms with van der Waals surface area (Å²) in [6.45, 7) is 3.32. The molecule has 0 fully saturated rings. The molecule has 1 aromatic carbocycles. The average Bonchev–Trinajstić information content (AvgIpc) is 3.05. The van der Waals surface area contributed by atoms with E-state index in [1.807, 2.05) is 22.9 Å².